The lowest BCUT2D eigenvalue weighted by atomic mass is 9.80. The second kappa shape index (κ2) is 9.00. The van der Waals surface area contributed by atoms with E-state index in [9.17, 15) is 0 Å². The Labute approximate surface area is 102 Å². The van der Waals surface area contributed by atoms with E-state index in [4.69, 9.17) is 4.74 Å². The van der Waals surface area contributed by atoms with Crippen molar-refractivity contribution in [3.05, 3.63) is 0 Å². The molecule has 0 heterocycles. The zero-order valence-electron chi connectivity index (χ0n) is 11.9. The number of unbranched alkanes of at least 4 members (excludes halogenated alkanes) is 1. The zero-order chi connectivity index (χ0) is 12.4. The molecular weight excluding hydrogens is 198 g/mol. The number of methoxy groups -OCH3 is 1. The molecule has 0 aromatic rings. The van der Waals surface area contributed by atoms with Crippen LogP contribution in [0.2, 0.25) is 0 Å². The van der Waals surface area contributed by atoms with Crippen LogP contribution in [-0.4, -0.2) is 26.8 Å². The largest absolute Gasteiger partial charge is 0.384 e. The molecule has 0 saturated carbocycles. The monoisotopic (exact) mass is 229 g/mol. The Kier molecular flexibility index (Phi) is 8.96. The fourth-order valence-corrected chi connectivity index (χ4v) is 2.10. The van der Waals surface area contributed by atoms with Crippen LogP contribution in [-0.2, 0) is 4.74 Å². The van der Waals surface area contributed by atoms with Crippen LogP contribution in [0, 0.1) is 11.3 Å². The van der Waals surface area contributed by atoms with E-state index in [1.165, 1.54) is 25.7 Å². The lowest BCUT2D eigenvalue weighted by Gasteiger charge is -2.33. The van der Waals surface area contributed by atoms with Crippen molar-refractivity contribution in [1.82, 2.24) is 5.32 Å². The fourth-order valence-electron chi connectivity index (χ4n) is 2.10. The van der Waals surface area contributed by atoms with Gasteiger partial charge in [0.05, 0.1) is 6.61 Å². The van der Waals surface area contributed by atoms with Crippen LogP contribution in [0.1, 0.15) is 53.4 Å². The van der Waals surface area contributed by atoms with E-state index in [2.05, 4.69) is 33.0 Å². The van der Waals surface area contributed by atoms with Crippen LogP contribution in [0.5, 0.6) is 0 Å². The Balaban J connectivity index is 4.14. The number of hydrogen-bond donors (Lipinski definition) is 1. The van der Waals surface area contributed by atoms with Crippen molar-refractivity contribution >= 4 is 0 Å². The maximum Gasteiger partial charge on any atom is 0.0530 e. The topological polar surface area (TPSA) is 21.3 Å². The Morgan fingerprint density at radius 2 is 1.94 bits per heavy atom. The second-order valence-electron chi connectivity index (χ2n) is 5.41. The van der Waals surface area contributed by atoms with Gasteiger partial charge in [-0.3, -0.25) is 0 Å². The average Bonchev–Trinajstić information content (AvgIpc) is 2.25. The zero-order valence-corrected chi connectivity index (χ0v) is 11.9. The fraction of sp³-hybridized carbons (Fsp3) is 1.00. The third kappa shape index (κ3) is 6.49. The average molecular weight is 229 g/mol. The minimum Gasteiger partial charge on any atom is -0.384 e. The van der Waals surface area contributed by atoms with E-state index in [-0.39, 0.29) is 0 Å². The predicted octanol–water partition coefficient (Wildman–Crippen LogP) is 3.47. The molecule has 0 rings (SSSR count). The van der Waals surface area contributed by atoms with Gasteiger partial charge in [-0.25, -0.2) is 0 Å². The summed E-state index contributed by atoms with van der Waals surface area (Å²) in [7, 11) is 1.82. The van der Waals surface area contributed by atoms with Crippen molar-refractivity contribution < 1.29 is 4.74 Å². The molecule has 0 fully saturated rings. The molecule has 1 atom stereocenters. The van der Waals surface area contributed by atoms with Gasteiger partial charge < -0.3 is 10.1 Å². The molecule has 0 saturated heterocycles. The third-order valence-corrected chi connectivity index (χ3v) is 3.31. The van der Waals surface area contributed by atoms with Gasteiger partial charge in [-0.1, -0.05) is 40.5 Å². The Bertz CT molecular complexity index is 159. The summed E-state index contributed by atoms with van der Waals surface area (Å²) in [6.07, 6.45) is 5.06. The molecular formula is C14H31NO. The summed E-state index contributed by atoms with van der Waals surface area (Å²) < 4.78 is 5.41. The van der Waals surface area contributed by atoms with E-state index < -0.39 is 0 Å². The molecule has 2 nitrogen and oxygen atoms in total. The maximum absolute atomic E-state index is 5.41. The predicted molar refractivity (Wildman–Crippen MR) is 71.8 cm³/mol. The van der Waals surface area contributed by atoms with Gasteiger partial charge >= 0.3 is 0 Å². The van der Waals surface area contributed by atoms with E-state index in [0.717, 1.165) is 25.6 Å². The first kappa shape index (κ1) is 15.9. The summed E-state index contributed by atoms with van der Waals surface area (Å²) >= 11 is 0. The molecule has 16 heavy (non-hydrogen) atoms. The summed E-state index contributed by atoms with van der Waals surface area (Å²) in [6, 6.07) is 0. The molecule has 1 N–H and O–H groups in total. The molecule has 0 aliphatic heterocycles. The van der Waals surface area contributed by atoms with Crippen LogP contribution in [0.25, 0.3) is 0 Å². The highest BCUT2D eigenvalue weighted by Gasteiger charge is 2.27. The van der Waals surface area contributed by atoms with Crippen molar-refractivity contribution in [3.8, 4) is 0 Å². The number of hydrogen-bond acceptors (Lipinski definition) is 2. The summed E-state index contributed by atoms with van der Waals surface area (Å²) in [5, 5.41) is 3.59. The summed E-state index contributed by atoms with van der Waals surface area (Å²) in [5.41, 5.74) is 0.347. The lowest BCUT2D eigenvalue weighted by molar-refractivity contribution is 0.0656. The molecule has 0 aliphatic rings. The van der Waals surface area contributed by atoms with Crippen LogP contribution in [0.4, 0.5) is 0 Å². The highest BCUT2D eigenvalue weighted by atomic mass is 16.5. The summed E-state index contributed by atoms with van der Waals surface area (Å²) in [5.74, 6) is 0.725. The lowest BCUT2D eigenvalue weighted by Crippen LogP contribution is -2.39. The van der Waals surface area contributed by atoms with Gasteiger partial charge in [-0.05, 0) is 25.3 Å². The van der Waals surface area contributed by atoms with E-state index in [1.807, 2.05) is 7.11 Å². The quantitative estimate of drug-likeness (QED) is 0.619. The van der Waals surface area contributed by atoms with Crippen molar-refractivity contribution in [2.24, 2.45) is 11.3 Å². The SMILES string of the molecule is CCCCC(CC)(CNCC(C)C)COC. The number of nitrogens with one attached hydrogen (secondary N) is 1. The van der Waals surface area contributed by atoms with Crippen LogP contribution in [0.15, 0.2) is 0 Å². The minimum atomic E-state index is 0.347. The molecule has 0 aromatic heterocycles. The van der Waals surface area contributed by atoms with Gasteiger partial charge in [0.2, 0.25) is 0 Å². The standard InChI is InChI=1S/C14H31NO/c1-6-8-9-14(7-2,12-16-5)11-15-10-13(3)4/h13,15H,6-12H2,1-5H3. The van der Waals surface area contributed by atoms with Crippen molar-refractivity contribution in [3.63, 3.8) is 0 Å². The van der Waals surface area contributed by atoms with Gasteiger partial charge in [-0.15, -0.1) is 0 Å². The Morgan fingerprint density at radius 3 is 2.38 bits per heavy atom. The van der Waals surface area contributed by atoms with E-state index in [1.54, 1.807) is 0 Å². The van der Waals surface area contributed by atoms with Crippen molar-refractivity contribution in [2.45, 2.75) is 53.4 Å². The number of ether oxygens (including phenoxy) is 1. The molecule has 0 bridgehead atoms. The molecule has 0 radical (unpaired) electrons. The van der Waals surface area contributed by atoms with Crippen molar-refractivity contribution in [2.75, 3.05) is 26.8 Å². The van der Waals surface area contributed by atoms with Gasteiger partial charge in [0.25, 0.3) is 0 Å². The van der Waals surface area contributed by atoms with Gasteiger partial charge in [0.1, 0.15) is 0 Å². The first-order valence-electron chi connectivity index (χ1n) is 6.80. The maximum atomic E-state index is 5.41. The molecule has 2 heteroatoms. The smallest absolute Gasteiger partial charge is 0.0530 e. The first-order chi connectivity index (χ1) is 7.60. The van der Waals surface area contributed by atoms with E-state index in [0.29, 0.717) is 5.41 Å². The summed E-state index contributed by atoms with van der Waals surface area (Å²) in [6.45, 7) is 12.1. The molecule has 1 unspecified atom stereocenters. The van der Waals surface area contributed by atoms with Crippen LogP contribution < -0.4 is 5.32 Å². The third-order valence-electron chi connectivity index (χ3n) is 3.31. The molecule has 0 amide bonds. The highest BCUT2D eigenvalue weighted by molar-refractivity contribution is 4.80. The first-order valence-corrected chi connectivity index (χ1v) is 6.80. The molecule has 0 spiro atoms. The second-order valence-corrected chi connectivity index (χ2v) is 5.41. The van der Waals surface area contributed by atoms with Crippen LogP contribution >= 0.6 is 0 Å². The summed E-state index contributed by atoms with van der Waals surface area (Å²) in [4.78, 5) is 0. The normalized spacial score (nSPS) is 15.4. The van der Waals surface area contributed by atoms with Gasteiger partial charge in [-0.2, -0.15) is 0 Å². The Hall–Kier alpha value is -0.0800. The highest BCUT2D eigenvalue weighted by Crippen LogP contribution is 2.28. The number of rotatable bonds is 10. The molecule has 0 aromatic carbocycles. The van der Waals surface area contributed by atoms with Crippen molar-refractivity contribution in [1.29, 1.82) is 0 Å². The van der Waals surface area contributed by atoms with Crippen LogP contribution in [0.3, 0.4) is 0 Å². The molecule has 98 valence electrons. The van der Waals surface area contributed by atoms with E-state index >= 15 is 0 Å². The molecule has 0 aliphatic carbocycles. The van der Waals surface area contributed by atoms with Gasteiger partial charge in [0, 0.05) is 19.1 Å². The van der Waals surface area contributed by atoms with Gasteiger partial charge in [0.15, 0.2) is 0 Å². The minimum absolute atomic E-state index is 0.347. The Morgan fingerprint density at radius 1 is 1.25 bits per heavy atom.